The van der Waals surface area contributed by atoms with Crippen LogP contribution in [0.25, 0.3) is 17.2 Å². The number of rotatable bonds is 3. The van der Waals surface area contributed by atoms with Crippen molar-refractivity contribution in [3.8, 4) is 11.1 Å². The van der Waals surface area contributed by atoms with Crippen molar-refractivity contribution in [3.05, 3.63) is 89.2 Å². The largest absolute Gasteiger partial charge is 0.308 e. The number of halogens is 1. The van der Waals surface area contributed by atoms with Gasteiger partial charge in [-0.05, 0) is 71.1 Å². The quantitative estimate of drug-likeness (QED) is 0.615. The molecule has 2 aromatic carbocycles. The van der Waals surface area contributed by atoms with Crippen LogP contribution in [0.4, 0.5) is 5.69 Å². The van der Waals surface area contributed by atoms with E-state index in [2.05, 4.69) is 17.1 Å². The number of carbonyl (C=O) groups is 1. The maximum atomic E-state index is 12.6. The molecule has 0 saturated carbocycles. The Bertz CT molecular complexity index is 965. The summed E-state index contributed by atoms with van der Waals surface area (Å²) in [7, 11) is 0. The molecule has 1 aliphatic heterocycles. The molecule has 4 rings (SSSR count). The van der Waals surface area contributed by atoms with Crippen molar-refractivity contribution >= 4 is 29.3 Å². The predicted molar refractivity (Wildman–Crippen MR) is 106 cm³/mol. The number of carbonyl (C=O) groups excluding carboxylic acids is 1. The Balaban J connectivity index is 1.54. The molecule has 0 fully saturated rings. The Morgan fingerprint density at radius 3 is 2.54 bits per heavy atom. The number of aromatic nitrogens is 1. The minimum atomic E-state index is -0.00430. The van der Waals surface area contributed by atoms with Gasteiger partial charge in [0.05, 0.1) is 0 Å². The molecular formula is C22H17ClN2O. The van der Waals surface area contributed by atoms with Gasteiger partial charge in [-0.3, -0.25) is 9.78 Å². The Morgan fingerprint density at radius 1 is 1.00 bits per heavy atom. The van der Waals surface area contributed by atoms with E-state index in [1.165, 1.54) is 5.56 Å². The summed E-state index contributed by atoms with van der Waals surface area (Å²) in [4.78, 5) is 18.5. The highest BCUT2D eigenvalue weighted by molar-refractivity contribution is 6.30. The van der Waals surface area contributed by atoms with Crippen LogP contribution in [-0.4, -0.2) is 17.4 Å². The molecule has 26 heavy (non-hydrogen) atoms. The summed E-state index contributed by atoms with van der Waals surface area (Å²) in [5, 5.41) is 0.687. The highest BCUT2D eigenvalue weighted by atomic mass is 35.5. The zero-order chi connectivity index (χ0) is 17.9. The maximum Gasteiger partial charge on any atom is 0.251 e. The normalized spacial score (nSPS) is 13.2. The van der Waals surface area contributed by atoms with Crippen LogP contribution < -0.4 is 4.90 Å². The Morgan fingerprint density at radius 2 is 1.77 bits per heavy atom. The van der Waals surface area contributed by atoms with Crippen LogP contribution in [0.3, 0.4) is 0 Å². The number of benzene rings is 2. The van der Waals surface area contributed by atoms with Gasteiger partial charge in [0, 0.05) is 35.7 Å². The second-order valence-corrected chi connectivity index (χ2v) is 6.64. The van der Waals surface area contributed by atoms with Gasteiger partial charge in [0.15, 0.2) is 0 Å². The third-order valence-electron chi connectivity index (χ3n) is 4.54. The van der Waals surface area contributed by atoms with Gasteiger partial charge in [-0.15, -0.1) is 0 Å². The Labute approximate surface area is 157 Å². The molecule has 1 aromatic heterocycles. The molecule has 0 aliphatic carbocycles. The summed E-state index contributed by atoms with van der Waals surface area (Å²) < 4.78 is 0. The van der Waals surface area contributed by atoms with Crippen molar-refractivity contribution in [2.75, 3.05) is 11.4 Å². The Hall–Kier alpha value is -2.91. The third kappa shape index (κ3) is 3.39. The van der Waals surface area contributed by atoms with Crippen LogP contribution in [0.15, 0.2) is 73.1 Å². The lowest BCUT2D eigenvalue weighted by molar-refractivity contribution is -0.114. The van der Waals surface area contributed by atoms with Crippen LogP contribution in [0.1, 0.15) is 11.1 Å². The number of hydrogen-bond acceptors (Lipinski definition) is 2. The molecule has 4 heteroatoms. The summed E-state index contributed by atoms with van der Waals surface area (Å²) in [5.74, 6) is -0.00430. The molecule has 128 valence electrons. The molecule has 3 nitrogen and oxygen atoms in total. The fourth-order valence-electron chi connectivity index (χ4n) is 3.19. The molecule has 1 amide bonds. The zero-order valence-electron chi connectivity index (χ0n) is 14.1. The highest BCUT2D eigenvalue weighted by Gasteiger charge is 2.23. The maximum absolute atomic E-state index is 12.6. The van der Waals surface area contributed by atoms with Crippen molar-refractivity contribution < 1.29 is 4.79 Å². The molecule has 0 spiro atoms. The fraction of sp³-hybridized carbons (Fsp3) is 0.0909. The number of anilines is 1. The first-order valence-corrected chi connectivity index (χ1v) is 8.87. The van der Waals surface area contributed by atoms with E-state index in [1.54, 1.807) is 18.5 Å². The lowest BCUT2D eigenvalue weighted by atomic mass is 10.0. The van der Waals surface area contributed by atoms with Gasteiger partial charge < -0.3 is 4.90 Å². The van der Waals surface area contributed by atoms with Gasteiger partial charge in [0.25, 0.3) is 5.91 Å². The van der Waals surface area contributed by atoms with E-state index < -0.39 is 0 Å². The fourth-order valence-corrected chi connectivity index (χ4v) is 3.31. The lowest BCUT2D eigenvalue weighted by Crippen LogP contribution is -2.26. The first-order chi connectivity index (χ1) is 12.7. The van der Waals surface area contributed by atoms with E-state index >= 15 is 0 Å². The molecule has 0 unspecified atom stereocenters. The molecule has 0 N–H and O–H groups in total. The third-order valence-corrected chi connectivity index (χ3v) is 4.80. The number of amides is 1. The second-order valence-electron chi connectivity index (χ2n) is 6.20. The summed E-state index contributed by atoms with van der Waals surface area (Å²) in [5.41, 5.74) is 5.43. The van der Waals surface area contributed by atoms with E-state index in [1.807, 2.05) is 53.4 Å². The summed E-state index contributed by atoms with van der Waals surface area (Å²) in [6.07, 6.45) is 7.89. The monoisotopic (exact) mass is 360 g/mol. The smallest absolute Gasteiger partial charge is 0.251 e. The molecular weight excluding hydrogens is 344 g/mol. The highest BCUT2D eigenvalue weighted by Crippen LogP contribution is 2.32. The molecule has 0 saturated heterocycles. The summed E-state index contributed by atoms with van der Waals surface area (Å²) >= 11 is 5.89. The number of pyridine rings is 1. The van der Waals surface area contributed by atoms with Crippen molar-refractivity contribution in [2.45, 2.75) is 6.42 Å². The molecule has 1 aliphatic rings. The van der Waals surface area contributed by atoms with Crippen molar-refractivity contribution in [3.63, 3.8) is 0 Å². The van der Waals surface area contributed by atoms with Crippen molar-refractivity contribution in [1.82, 2.24) is 4.98 Å². The first kappa shape index (κ1) is 16.6. The van der Waals surface area contributed by atoms with Crippen LogP contribution in [-0.2, 0) is 11.2 Å². The predicted octanol–water partition coefficient (Wildman–Crippen LogP) is 5.00. The number of hydrogen-bond donors (Lipinski definition) is 0. The van der Waals surface area contributed by atoms with Crippen molar-refractivity contribution in [1.29, 1.82) is 0 Å². The van der Waals surface area contributed by atoms with Gasteiger partial charge >= 0.3 is 0 Å². The van der Waals surface area contributed by atoms with Gasteiger partial charge in [-0.2, -0.15) is 0 Å². The topological polar surface area (TPSA) is 33.2 Å². The van der Waals surface area contributed by atoms with Gasteiger partial charge in [0.1, 0.15) is 0 Å². The minimum absolute atomic E-state index is 0.00430. The van der Waals surface area contributed by atoms with Gasteiger partial charge in [-0.1, -0.05) is 29.8 Å². The minimum Gasteiger partial charge on any atom is -0.308 e. The first-order valence-electron chi connectivity index (χ1n) is 8.49. The average molecular weight is 361 g/mol. The van der Waals surface area contributed by atoms with E-state index in [0.717, 1.165) is 28.8 Å². The van der Waals surface area contributed by atoms with Crippen LogP contribution >= 0.6 is 11.6 Å². The molecule has 3 aromatic rings. The zero-order valence-corrected chi connectivity index (χ0v) is 14.9. The average Bonchev–Trinajstić information content (AvgIpc) is 3.11. The molecule has 0 atom stereocenters. The Kier molecular flexibility index (Phi) is 4.55. The van der Waals surface area contributed by atoms with Crippen molar-refractivity contribution in [2.24, 2.45) is 0 Å². The molecule has 2 heterocycles. The summed E-state index contributed by atoms with van der Waals surface area (Å²) in [6, 6.07) is 17.7. The number of fused-ring (bicyclic) bond motifs is 1. The molecule has 0 radical (unpaired) electrons. The van der Waals surface area contributed by atoms with Gasteiger partial charge in [-0.25, -0.2) is 0 Å². The standard InChI is InChI=1S/C22H17ClN2O/c23-20-5-1-16(2-6-20)3-8-22(26)25-14-11-19-15-18(4-7-21(19)25)17-9-12-24-13-10-17/h1-10,12-13,15H,11,14H2/b8-3+. The van der Waals surface area contributed by atoms with Crippen LogP contribution in [0.2, 0.25) is 5.02 Å². The van der Waals surface area contributed by atoms with E-state index in [-0.39, 0.29) is 5.91 Å². The van der Waals surface area contributed by atoms with Crippen LogP contribution in [0, 0.1) is 0 Å². The van der Waals surface area contributed by atoms with E-state index in [0.29, 0.717) is 11.6 Å². The lowest BCUT2D eigenvalue weighted by Gasteiger charge is -2.15. The number of nitrogens with zero attached hydrogens (tertiary/aromatic N) is 2. The SMILES string of the molecule is O=C(/C=C/c1ccc(Cl)cc1)N1CCc2cc(-c3ccncc3)ccc21. The molecule has 0 bridgehead atoms. The van der Waals surface area contributed by atoms with Gasteiger partial charge in [0.2, 0.25) is 0 Å². The van der Waals surface area contributed by atoms with E-state index in [9.17, 15) is 4.79 Å². The second kappa shape index (κ2) is 7.14. The summed E-state index contributed by atoms with van der Waals surface area (Å²) in [6.45, 7) is 0.707. The van der Waals surface area contributed by atoms with Crippen LogP contribution in [0.5, 0.6) is 0 Å². The van der Waals surface area contributed by atoms with E-state index in [4.69, 9.17) is 11.6 Å².